The lowest BCUT2D eigenvalue weighted by Gasteiger charge is -2.15. The summed E-state index contributed by atoms with van der Waals surface area (Å²) in [5, 5.41) is 12.0. The number of rotatable bonds is 4. The molecule has 4 unspecified atom stereocenters. The highest BCUT2D eigenvalue weighted by molar-refractivity contribution is 6.06. The molecule has 3 aromatic rings. The summed E-state index contributed by atoms with van der Waals surface area (Å²) in [5.74, 6) is -0.566. The second-order valence-corrected chi connectivity index (χ2v) is 6.42. The van der Waals surface area contributed by atoms with Gasteiger partial charge in [-0.3, -0.25) is 9.36 Å². The number of alkyl halides is 1. The first kappa shape index (κ1) is 17.5. The summed E-state index contributed by atoms with van der Waals surface area (Å²) < 4.78 is 21.7. The third-order valence-corrected chi connectivity index (χ3v) is 4.76. The molecule has 4 atom stereocenters. The van der Waals surface area contributed by atoms with Gasteiger partial charge >= 0.3 is 0 Å². The maximum Gasteiger partial charge on any atom is 0.256 e. The normalized spacial score (nSPS) is 25.0. The molecule has 8 nitrogen and oxygen atoms in total. The van der Waals surface area contributed by atoms with Crippen LogP contribution in [0.15, 0.2) is 43.0 Å². The number of benzene rings is 1. The molecule has 0 bridgehead atoms. The molecule has 1 amide bonds. The molecule has 0 saturated carbocycles. The number of aliphatic hydroxyl groups excluding tert-OH is 1. The molecule has 1 fully saturated rings. The number of ether oxygens (including phenoxy) is 1. The molecule has 140 valence electrons. The van der Waals surface area contributed by atoms with Gasteiger partial charge in [0, 0.05) is 11.5 Å². The van der Waals surface area contributed by atoms with E-state index in [-0.39, 0.29) is 18.3 Å². The number of halogens is 1. The van der Waals surface area contributed by atoms with Crippen LogP contribution in [0.4, 0.5) is 10.2 Å². The number of hydrogen-bond donors (Lipinski definition) is 2. The maximum absolute atomic E-state index is 14.6. The number of anilines is 1. The number of hydrogen-bond acceptors (Lipinski definition) is 6. The lowest BCUT2D eigenvalue weighted by Crippen LogP contribution is -2.21. The first-order chi connectivity index (χ1) is 13.1. The van der Waals surface area contributed by atoms with Crippen LogP contribution in [0.3, 0.4) is 0 Å². The molecule has 1 saturated heterocycles. The van der Waals surface area contributed by atoms with Crippen LogP contribution in [0.2, 0.25) is 0 Å². The van der Waals surface area contributed by atoms with Gasteiger partial charge in [-0.25, -0.2) is 19.3 Å². The molecule has 1 aromatic carbocycles. The molecule has 3 heterocycles. The van der Waals surface area contributed by atoms with Crippen LogP contribution in [-0.4, -0.2) is 49.4 Å². The summed E-state index contributed by atoms with van der Waals surface area (Å²) in [6.45, 7) is 1.42. The van der Waals surface area contributed by atoms with Gasteiger partial charge in [0.1, 0.15) is 6.33 Å². The van der Waals surface area contributed by atoms with Crippen molar-refractivity contribution in [3.63, 3.8) is 0 Å². The molecule has 2 N–H and O–H groups in total. The first-order valence-electron chi connectivity index (χ1n) is 8.54. The highest BCUT2D eigenvalue weighted by Gasteiger charge is 2.43. The largest absolute Gasteiger partial charge is 0.394 e. The predicted molar refractivity (Wildman–Crippen MR) is 94.8 cm³/mol. The van der Waals surface area contributed by atoms with E-state index in [0.29, 0.717) is 16.7 Å². The van der Waals surface area contributed by atoms with Crippen LogP contribution >= 0.6 is 0 Å². The maximum atomic E-state index is 14.6. The Morgan fingerprint density at radius 2 is 2.07 bits per heavy atom. The van der Waals surface area contributed by atoms with Crippen LogP contribution in [0.1, 0.15) is 23.5 Å². The van der Waals surface area contributed by atoms with Gasteiger partial charge in [-0.1, -0.05) is 25.1 Å². The van der Waals surface area contributed by atoms with Crippen LogP contribution in [0.5, 0.6) is 0 Å². The summed E-state index contributed by atoms with van der Waals surface area (Å²) >= 11 is 0. The Morgan fingerprint density at radius 1 is 1.30 bits per heavy atom. The number of aromatic nitrogens is 4. The monoisotopic (exact) mass is 371 g/mol. The van der Waals surface area contributed by atoms with E-state index >= 15 is 0 Å². The van der Waals surface area contributed by atoms with Crippen molar-refractivity contribution in [3.05, 3.63) is 48.5 Å². The summed E-state index contributed by atoms with van der Waals surface area (Å²) in [6.07, 6.45) is -0.189. The van der Waals surface area contributed by atoms with E-state index in [2.05, 4.69) is 20.3 Å². The third-order valence-electron chi connectivity index (χ3n) is 4.76. The van der Waals surface area contributed by atoms with Gasteiger partial charge in [0.15, 0.2) is 29.4 Å². The molecule has 4 rings (SSSR count). The molecule has 9 heteroatoms. The second-order valence-electron chi connectivity index (χ2n) is 6.42. The van der Waals surface area contributed by atoms with Gasteiger partial charge in [-0.2, -0.15) is 0 Å². The van der Waals surface area contributed by atoms with E-state index in [1.54, 1.807) is 31.2 Å². The minimum atomic E-state index is -1.32. The minimum Gasteiger partial charge on any atom is -0.394 e. The quantitative estimate of drug-likeness (QED) is 0.727. The second kappa shape index (κ2) is 7.01. The van der Waals surface area contributed by atoms with Crippen molar-refractivity contribution in [1.82, 2.24) is 19.5 Å². The Bertz CT molecular complexity index is 964. The van der Waals surface area contributed by atoms with Crippen molar-refractivity contribution in [2.45, 2.75) is 25.4 Å². The number of imidazole rings is 1. The molecule has 1 aliphatic rings. The highest BCUT2D eigenvalue weighted by atomic mass is 19.1. The smallest absolute Gasteiger partial charge is 0.256 e. The Morgan fingerprint density at radius 3 is 2.78 bits per heavy atom. The molecule has 0 spiro atoms. The number of nitrogens with one attached hydrogen (secondary N) is 1. The van der Waals surface area contributed by atoms with E-state index in [1.807, 2.05) is 6.07 Å². The number of fused-ring (bicyclic) bond motifs is 1. The summed E-state index contributed by atoms with van der Waals surface area (Å²) in [7, 11) is 0. The topological polar surface area (TPSA) is 102 Å². The Kier molecular flexibility index (Phi) is 4.54. The first-order valence-corrected chi connectivity index (χ1v) is 8.54. The fourth-order valence-electron chi connectivity index (χ4n) is 3.17. The fourth-order valence-corrected chi connectivity index (χ4v) is 3.17. The number of aliphatic hydroxyl groups is 1. The zero-order valence-corrected chi connectivity index (χ0v) is 14.5. The van der Waals surface area contributed by atoms with Crippen molar-refractivity contribution in [3.8, 4) is 0 Å². The summed E-state index contributed by atoms with van der Waals surface area (Å²) in [5.41, 5.74) is 1.15. The van der Waals surface area contributed by atoms with E-state index in [4.69, 9.17) is 4.74 Å². The SMILES string of the molecule is CC1C(CO)OC(n2cnc3c(NC(=O)c4ccccc4)ncnc32)C1F. The lowest BCUT2D eigenvalue weighted by atomic mass is 10.0. The summed E-state index contributed by atoms with van der Waals surface area (Å²) in [4.78, 5) is 24.9. The third kappa shape index (κ3) is 3.04. The lowest BCUT2D eigenvalue weighted by molar-refractivity contribution is -0.0378. The van der Waals surface area contributed by atoms with Crippen LogP contribution in [0, 0.1) is 5.92 Å². The molecule has 27 heavy (non-hydrogen) atoms. The number of carbonyl (C=O) groups is 1. The van der Waals surface area contributed by atoms with Gasteiger partial charge in [0.25, 0.3) is 5.91 Å². The van der Waals surface area contributed by atoms with Crippen molar-refractivity contribution < 1.29 is 19.0 Å². The van der Waals surface area contributed by atoms with E-state index in [1.165, 1.54) is 17.2 Å². The fraction of sp³-hybridized carbons (Fsp3) is 0.333. The molecule has 0 aliphatic carbocycles. The minimum absolute atomic E-state index is 0.229. The van der Waals surface area contributed by atoms with Crippen molar-refractivity contribution in [1.29, 1.82) is 0 Å². The van der Waals surface area contributed by atoms with Crippen LogP contribution < -0.4 is 5.32 Å². The van der Waals surface area contributed by atoms with Gasteiger partial charge in [-0.05, 0) is 12.1 Å². The average molecular weight is 371 g/mol. The standard InChI is InChI=1S/C18H18FN5O3/c1-10-12(7-25)27-18(13(10)19)24-9-22-14-15(20-8-21-16(14)24)23-17(26)11-5-3-2-4-6-11/h2-6,8-10,12-13,18,25H,7H2,1H3,(H,20,21,23,26). The number of nitrogens with zero attached hydrogens (tertiary/aromatic N) is 4. The van der Waals surface area contributed by atoms with Crippen molar-refractivity contribution in [2.24, 2.45) is 5.92 Å². The summed E-state index contributed by atoms with van der Waals surface area (Å²) in [6, 6.07) is 8.70. The predicted octanol–water partition coefficient (Wildman–Crippen LogP) is 1.94. The number of amides is 1. The average Bonchev–Trinajstić information content (AvgIpc) is 3.25. The van der Waals surface area contributed by atoms with Gasteiger partial charge in [0.2, 0.25) is 0 Å². The number of carbonyl (C=O) groups excluding carboxylic acids is 1. The molecule has 0 radical (unpaired) electrons. The van der Waals surface area contributed by atoms with E-state index in [0.717, 1.165) is 0 Å². The van der Waals surface area contributed by atoms with Crippen molar-refractivity contribution >= 4 is 22.9 Å². The van der Waals surface area contributed by atoms with Crippen LogP contribution in [-0.2, 0) is 4.74 Å². The molecule has 2 aromatic heterocycles. The van der Waals surface area contributed by atoms with Crippen LogP contribution in [0.25, 0.3) is 11.2 Å². The molecule has 1 aliphatic heterocycles. The molecular weight excluding hydrogens is 353 g/mol. The molecular formula is C18H18FN5O3. The van der Waals surface area contributed by atoms with E-state index < -0.39 is 24.4 Å². The van der Waals surface area contributed by atoms with Gasteiger partial charge < -0.3 is 15.2 Å². The highest BCUT2D eigenvalue weighted by Crippen LogP contribution is 2.37. The Hall–Kier alpha value is -2.91. The van der Waals surface area contributed by atoms with Crippen molar-refractivity contribution in [2.75, 3.05) is 11.9 Å². The van der Waals surface area contributed by atoms with Gasteiger partial charge in [0.05, 0.1) is 19.0 Å². The zero-order chi connectivity index (χ0) is 19.0. The Balaban J connectivity index is 1.65. The van der Waals surface area contributed by atoms with E-state index in [9.17, 15) is 14.3 Å². The Labute approximate surface area is 154 Å². The zero-order valence-electron chi connectivity index (χ0n) is 14.5. The van der Waals surface area contributed by atoms with Gasteiger partial charge in [-0.15, -0.1) is 0 Å².